The Morgan fingerprint density at radius 2 is 1.90 bits per heavy atom. The highest BCUT2D eigenvalue weighted by molar-refractivity contribution is 5.81. The molecule has 1 saturated heterocycles. The van der Waals surface area contributed by atoms with Crippen LogP contribution in [0.5, 0.6) is 0 Å². The van der Waals surface area contributed by atoms with Crippen molar-refractivity contribution in [2.45, 2.75) is 64.6 Å². The molecule has 0 aromatic carbocycles. The molecule has 1 aliphatic heterocycles. The van der Waals surface area contributed by atoms with Crippen LogP contribution in [0.4, 0.5) is 4.79 Å². The summed E-state index contributed by atoms with van der Waals surface area (Å²) >= 11 is 0. The molecule has 1 rings (SSSR count). The van der Waals surface area contributed by atoms with Crippen LogP contribution in [0.2, 0.25) is 0 Å². The number of ether oxygens (including phenoxy) is 1. The number of carbonyl (C=O) groups excluding carboxylic acids is 2. The quantitative estimate of drug-likeness (QED) is 0.817. The van der Waals surface area contributed by atoms with Gasteiger partial charge in [0.05, 0.1) is 6.04 Å². The van der Waals surface area contributed by atoms with Gasteiger partial charge in [-0.25, -0.2) is 4.79 Å². The zero-order valence-corrected chi connectivity index (χ0v) is 12.9. The van der Waals surface area contributed by atoms with Crippen molar-refractivity contribution >= 4 is 12.0 Å². The SMILES string of the molecule is CC[C@H](N)C(=O)N1CCC(NC(=O)OC(C)(C)C)CC1. The van der Waals surface area contributed by atoms with E-state index in [-0.39, 0.29) is 11.9 Å². The van der Waals surface area contributed by atoms with Crippen LogP contribution in [0.1, 0.15) is 47.0 Å². The van der Waals surface area contributed by atoms with Crippen LogP contribution >= 0.6 is 0 Å². The largest absolute Gasteiger partial charge is 0.444 e. The summed E-state index contributed by atoms with van der Waals surface area (Å²) in [6.45, 7) is 8.67. The second kappa shape index (κ2) is 6.92. The molecule has 1 fully saturated rings. The van der Waals surface area contributed by atoms with E-state index in [1.165, 1.54) is 0 Å². The second-order valence-electron chi connectivity index (χ2n) is 6.26. The molecule has 6 heteroatoms. The fourth-order valence-electron chi connectivity index (χ4n) is 2.13. The molecular weight excluding hydrogens is 258 g/mol. The minimum absolute atomic E-state index is 0.00298. The van der Waals surface area contributed by atoms with E-state index in [4.69, 9.17) is 10.5 Å². The van der Waals surface area contributed by atoms with Crippen LogP contribution in [-0.4, -0.2) is 47.7 Å². The smallest absolute Gasteiger partial charge is 0.407 e. The normalized spacial score (nSPS) is 18.6. The second-order valence-corrected chi connectivity index (χ2v) is 6.26. The highest BCUT2D eigenvalue weighted by Gasteiger charge is 2.27. The summed E-state index contributed by atoms with van der Waals surface area (Å²) in [7, 11) is 0. The number of nitrogens with one attached hydrogen (secondary N) is 1. The zero-order chi connectivity index (χ0) is 15.3. The van der Waals surface area contributed by atoms with Gasteiger partial charge in [-0.3, -0.25) is 4.79 Å². The van der Waals surface area contributed by atoms with Gasteiger partial charge in [-0.1, -0.05) is 6.92 Å². The van der Waals surface area contributed by atoms with Gasteiger partial charge in [0.25, 0.3) is 0 Å². The van der Waals surface area contributed by atoms with Crippen LogP contribution in [0, 0.1) is 0 Å². The van der Waals surface area contributed by atoms with Gasteiger partial charge in [-0.05, 0) is 40.0 Å². The maximum absolute atomic E-state index is 11.9. The highest BCUT2D eigenvalue weighted by Crippen LogP contribution is 2.13. The van der Waals surface area contributed by atoms with Crippen LogP contribution in [0.15, 0.2) is 0 Å². The standard InChI is InChI=1S/C14H27N3O3/c1-5-11(15)12(18)17-8-6-10(7-9-17)16-13(19)20-14(2,3)4/h10-11H,5-9,15H2,1-4H3,(H,16,19)/t11-/m0/s1. The number of carbonyl (C=O) groups is 2. The lowest BCUT2D eigenvalue weighted by atomic mass is 10.0. The molecule has 0 aromatic heterocycles. The molecule has 0 unspecified atom stereocenters. The molecule has 1 heterocycles. The average Bonchev–Trinajstić information content (AvgIpc) is 2.35. The number of amides is 2. The molecule has 2 amide bonds. The van der Waals surface area contributed by atoms with Crippen molar-refractivity contribution < 1.29 is 14.3 Å². The Kier molecular flexibility index (Phi) is 5.80. The number of nitrogens with zero attached hydrogens (tertiary/aromatic N) is 1. The Hall–Kier alpha value is -1.30. The molecule has 0 aromatic rings. The van der Waals surface area contributed by atoms with E-state index in [9.17, 15) is 9.59 Å². The molecule has 0 spiro atoms. The van der Waals surface area contributed by atoms with Gasteiger partial charge in [0.1, 0.15) is 5.60 Å². The Bertz CT molecular complexity index is 344. The van der Waals surface area contributed by atoms with Gasteiger partial charge in [-0.2, -0.15) is 0 Å². The third kappa shape index (κ3) is 5.36. The van der Waals surface area contributed by atoms with E-state index in [0.717, 1.165) is 12.8 Å². The molecule has 0 radical (unpaired) electrons. The maximum atomic E-state index is 11.9. The van der Waals surface area contributed by atoms with Crippen molar-refractivity contribution in [3.63, 3.8) is 0 Å². The van der Waals surface area contributed by atoms with E-state index in [1.807, 2.05) is 27.7 Å². The molecule has 20 heavy (non-hydrogen) atoms. The molecule has 0 bridgehead atoms. The van der Waals surface area contributed by atoms with Crippen molar-refractivity contribution in [1.82, 2.24) is 10.2 Å². The summed E-state index contributed by atoms with van der Waals surface area (Å²) in [5.74, 6) is 0.00298. The monoisotopic (exact) mass is 285 g/mol. The number of rotatable bonds is 3. The molecule has 1 atom stereocenters. The van der Waals surface area contributed by atoms with Gasteiger partial charge in [-0.15, -0.1) is 0 Å². The Morgan fingerprint density at radius 1 is 1.35 bits per heavy atom. The van der Waals surface area contributed by atoms with Crippen molar-refractivity contribution in [2.24, 2.45) is 5.73 Å². The fraction of sp³-hybridized carbons (Fsp3) is 0.857. The van der Waals surface area contributed by atoms with Crippen LogP contribution in [-0.2, 0) is 9.53 Å². The van der Waals surface area contributed by atoms with Crippen LogP contribution in [0.25, 0.3) is 0 Å². The molecule has 0 aliphatic carbocycles. The van der Waals surface area contributed by atoms with Crippen molar-refractivity contribution in [1.29, 1.82) is 0 Å². The van der Waals surface area contributed by atoms with E-state index in [0.29, 0.717) is 19.5 Å². The molecule has 3 N–H and O–H groups in total. The van der Waals surface area contributed by atoms with Gasteiger partial charge in [0.15, 0.2) is 0 Å². The first-order valence-corrected chi connectivity index (χ1v) is 7.27. The van der Waals surface area contributed by atoms with Crippen molar-refractivity contribution in [3.05, 3.63) is 0 Å². The Morgan fingerprint density at radius 3 is 2.35 bits per heavy atom. The third-order valence-corrected chi connectivity index (χ3v) is 3.28. The third-order valence-electron chi connectivity index (χ3n) is 3.28. The predicted molar refractivity (Wildman–Crippen MR) is 77.2 cm³/mol. The highest BCUT2D eigenvalue weighted by atomic mass is 16.6. The van der Waals surface area contributed by atoms with Gasteiger partial charge in [0, 0.05) is 19.1 Å². The zero-order valence-electron chi connectivity index (χ0n) is 12.9. The lowest BCUT2D eigenvalue weighted by molar-refractivity contribution is -0.133. The first-order chi connectivity index (χ1) is 9.23. The van der Waals surface area contributed by atoms with Gasteiger partial charge >= 0.3 is 6.09 Å². The van der Waals surface area contributed by atoms with Gasteiger partial charge < -0.3 is 20.7 Å². The number of piperidine rings is 1. The summed E-state index contributed by atoms with van der Waals surface area (Å²) in [4.78, 5) is 25.4. The predicted octanol–water partition coefficient (Wildman–Crippen LogP) is 1.24. The lowest BCUT2D eigenvalue weighted by Gasteiger charge is -2.34. The van der Waals surface area contributed by atoms with E-state index in [1.54, 1.807) is 4.90 Å². The molecular formula is C14H27N3O3. The minimum Gasteiger partial charge on any atom is -0.444 e. The topological polar surface area (TPSA) is 84.7 Å². The van der Waals surface area contributed by atoms with E-state index in [2.05, 4.69) is 5.32 Å². The maximum Gasteiger partial charge on any atom is 0.407 e. The molecule has 116 valence electrons. The number of nitrogens with two attached hydrogens (primary N) is 1. The number of hydrogen-bond donors (Lipinski definition) is 2. The summed E-state index contributed by atoms with van der Waals surface area (Å²) in [6, 6.07) is -0.350. The van der Waals surface area contributed by atoms with Crippen molar-refractivity contribution in [3.8, 4) is 0 Å². The average molecular weight is 285 g/mol. The summed E-state index contributed by atoms with van der Waals surface area (Å²) in [6.07, 6.45) is 1.73. The van der Waals surface area contributed by atoms with E-state index >= 15 is 0 Å². The molecule has 6 nitrogen and oxygen atoms in total. The van der Waals surface area contributed by atoms with Gasteiger partial charge in [0.2, 0.25) is 5.91 Å². The lowest BCUT2D eigenvalue weighted by Crippen LogP contribution is -2.51. The molecule has 1 aliphatic rings. The van der Waals surface area contributed by atoms with E-state index < -0.39 is 17.7 Å². The van der Waals surface area contributed by atoms with Crippen molar-refractivity contribution in [2.75, 3.05) is 13.1 Å². The summed E-state index contributed by atoms with van der Waals surface area (Å²) < 4.78 is 5.22. The molecule has 0 saturated carbocycles. The Balaban J connectivity index is 2.36. The fourth-order valence-corrected chi connectivity index (χ4v) is 2.13. The van der Waals surface area contributed by atoms with Crippen LogP contribution < -0.4 is 11.1 Å². The number of hydrogen-bond acceptors (Lipinski definition) is 4. The first-order valence-electron chi connectivity index (χ1n) is 7.27. The number of alkyl carbamates (subject to hydrolysis) is 1. The minimum atomic E-state index is -0.491. The summed E-state index contributed by atoms with van der Waals surface area (Å²) in [5.41, 5.74) is 5.26. The Labute approximate surface area is 121 Å². The number of likely N-dealkylation sites (tertiary alicyclic amines) is 1. The first kappa shape index (κ1) is 16.8. The summed E-state index contributed by atoms with van der Waals surface area (Å²) in [5, 5.41) is 2.85. The van der Waals surface area contributed by atoms with Crippen LogP contribution in [0.3, 0.4) is 0 Å².